The van der Waals surface area contributed by atoms with Crippen LogP contribution in [0.4, 0.5) is 11.5 Å². The predicted octanol–water partition coefficient (Wildman–Crippen LogP) is 1.77. The number of methoxy groups -OCH3 is 1. The Bertz CT molecular complexity index is 486. The minimum Gasteiger partial charge on any atom is -0.481 e. The zero-order chi connectivity index (χ0) is 12.3. The Morgan fingerprint density at radius 1 is 1.47 bits per heavy atom. The number of rotatable bonds is 4. The molecule has 2 rings (SSSR count). The normalized spacial score (nSPS) is 10.2. The minimum absolute atomic E-state index is 0.555. The lowest BCUT2D eigenvalue weighted by Crippen LogP contribution is -2.19. The standard InChI is InChI=1S/C11H14N4OS/c1-15(5-8-6-17-7-13-8)11-9(12)3-4-10(14-11)16-2/h3-4,6-7H,5,12H2,1-2H3. The van der Waals surface area contributed by atoms with E-state index in [4.69, 9.17) is 10.5 Å². The molecule has 0 aliphatic heterocycles. The van der Waals surface area contributed by atoms with Gasteiger partial charge >= 0.3 is 0 Å². The van der Waals surface area contributed by atoms with Crippen molar-refractivity contribution in [1.82, 2.24) is 9.97 Å². The Morgan fingerprint density at radius 2 is 2.29 bits per heavy atom. The van der Waals surface area contributed by atoms with Crippen LogP contribution in [-0.4, -0.2) is 24.1 Å². The van der Waals surface area contributed by atoms with Gasteiger partial charge in [-0.2, -0.15) is 4.98 Å². The molecule has 0 saturated carbocycles. The smallest absolute Gasteiger partial charge is 0.215 e. The second kappa shape index (κ2) is 5.01. The number of nitrogen functional groups attached to an aromatic ring is 1. The van der Waals surface area contributed by atoms with Crippen molar-refractivity contribution in [3.8, 4) is 5.88 Å². The quantitative estimate of drug-likeness (QED) is 0.895. The molecule has 2 aromatic rings. The number of anilines is 2. The van der Waals surface area contributed by atoms with Crippen LogP contribution in [0.3, 0.4) is 0 Å². The molecule has 5 nitrogen and oxygen atoms in total. The lowest BCUT2D eigenvalue weighted by atomic mass is 10.3. The molecule has 0 spiro atoms. The summed E-state index contributed by atoms with van der Waals surface area (Å²) in [6.07, 6.45) is 0. The van der Waals surface area contributed by atoms with Gasteiger partial charge in [0.1, 0.15) is 0 Å². The molecule has 0 unspecified atom stereocenters. The Balaban J connectivity index is 2.20. The molecule has 0 amide bonds. The summed E-state index contributed by atoms with van der Waals surface area (Å²) in [6.45, 7) is 0.674. The van der Waals surface area contributed by atoms with Crippen LogP contribution in [0.5, 0.6) is 5.88 Å². The zero-order valence-corrected chi connectivity index (χ0v) is 10.6. The van der Waals surface area contributed by atoms with E-state index < -0.39 is 0 Å². The summed E-state index contributed by atoms with van der Waals surface area (Å²) in [5.74, 6) is 1.26. The fourth-order valence-corrected chi connectivity index (χ4v) is 2.04. The fraction of sp³-hybridized carbons (Fsp3) is 0.273. The average Bonchev–Trinajstić information content (AvgIpc) is 2.82. The third-order valence-electron chi connectivity index (χ3n) is 2.33. The number of thiazole rings is 1. The van der Waals surface area contributed by atoms with Gasteiger partial charge in [0.05, 0.1) is 30.5 Å². The SMILES string of the molecule is COc1ccc(N)c(N(C)Cc2cscn2)n1. The van der Waals surface area contributed by atoms with Gasteiger partial charge in [-0.15, -0.1) is 11.3 Å². The minimum atomic E-state index is 0.555. The van der Waals surface area contributed by atoms with Gasteiger partial charge in [-0.3, -0.25) is 0 Å². The summed E-state index contributed by atoms with van der Waals surface area (Å²) < 4.78 is 5.09. The van der Waals surface area contributed by atoms with Crippen molar-refractivity contribution < 1.29 is 4.74 Å². The number of hydrogen-bond acceptors (Lipinski definition) is 6. The predicted molar refractivity (Wildman–Crippen MR) is 69.4 cm³/mol. The Labute approximate surface area is 104 Å². The van der Waals surface area contributed by atoms with E-state index in [9.17, 15) is 0 Å². The summed E-state index contributed by atoms with van der Waals surface area (Å²) in [7, 11) is 3.51. The molecule has 2 N–H and O–H groups in total. The van der Waals surface area contributed by atoms with Crippen LogP contribution in [-0.2, 0) is 6.54 Å². The number of pyridine rings is 1. The summed E-state index contributed by atoms with van der Waals surface area (Å²) in [6, 6.07) is 3.54. The highest BCUT2D eigenvalue weighted by molar-refractivity contribution is 7.07. The molecule has 6 heteroatoms. The highest BCUT2D eigenvalue weighted by atomic mass is 32.1. The Hall–Kier alpha value is -1.82. The maximum atomic E-state index is 5.90. The van der Waals surface area contributed by atoms with E-state index in [0.29, 0.717) is 23.9 Å². The van der Waals surface area contributed by atoms with Crippen molar-refractivity contribution in [2.45, 2.75) is 6.54 Å². The second-order valence-corrected chi connectivity index (χ2v) is 4.32. The maximum absolute atomic E-state index is 5.90. The number of aromatic nitrogens is 2. The first-order valence-corrected chi connectivity index (χ1v) is 6.03. The van der Waals surface area contributed by atoms with Gasteiger partial charge in [0.25, 0.3) is 0 Å². The van der Waals surface area contributed by atoms with Crippen LogP contribution >= 0.6 is 11.3 Å². The second-order valence-electron chi connectivity index (χ2n) is 3.60. The van der Waals surface area contributed by atoms with E-state index >= 15 is 0 Å². The lowest BCUT2D eigenvalue weighted by Gasteiger charge is -2.19. The summed E-state index contributed by atoms with van der Waals surface area (Å²) in [5.41, 5.74) is 9.34. The average molecular weight is 250 g/mol. The molecule has 2 heterocycles. The fourth-order valence-electron chi connectivity index (χ4n) is 1.49. The summed E-state index contributed by atoms with van der Waals surface area (Å²) in [5, 5.41) is 2.01. The van der Waals surface area contributed by atoms with Gasteiger partial charge in [-0.05, 0) is 6.07 Å². The highest BCUT2D eigenvalue weighted by Gasteiger charge is 2.10. The number of ether oxygens (including phenoxy) is 1. The van der Waals surface area contributed by atoms with E-state index in [1.165, 1.54) is 0 Å². The largest absolute Gasteiger partial charge is 0.481 e. The molecule has 2 aromatic heterocycles. The first-order chi connectivity index (χ1) is 8.20. The van der Waals surface area contributed by atoms with Crippen molar-refractivity contribution in [2.75, 3.05) is 24.8 Å². The van der Waals surface area contributed by atoms with Crippen molar-refractivity contribution in [3.05, 3.63) is 28.7 Å². The van der Waals surface area contributed by atoms with Crippen LogP contribution in [0.15, 0.2) is 23.0 Å². The van der Waals surface area contributed by atoms with Gasteiger partial charge in [0.15, 0.2) is 5.82 Å². The van der Waals surface area contributed by atoms with Crippen molar-refractivity contribution in [2.24, 2.45) is 0 Å². The molecule has 0 atom stereocenters. The van der Waals surface area contributed by atoms with E-state index in [1.807, 2.05) is 22.8 Å². The topological polar surface area (TPSA) is 64.3 Å². The lowest BCUT2D eigenvalue weighted by molar-refractivity contribution is 0.398. The van der Waals surface area contributed by atoms with Crippen LogP contribution in [0.2, 0.25) is 0 Å². The molecule has 0 aromatic carbocycles. The van der Waals surface area contributed by atoms with E-state index in [2.05, 4.69) is 9.97 Å². The third kappa shape index (κ3) is 2.65. The first-order valence-electron chi connectivity index (χ1n) is 5.09. The van der Waals surface area contributed by atoms with Gasteiger partial charge < -0.3 is 15.4 Å². The van der Waals surface area contributed by atoms with Gasteiger partial charge in [-0.25, -0.2) is 4.98 Å². The molecule has 0 aliphatic rings. The molecule has 17 heavy (non-hydrogen) atoms. The van der Waals surface area contributed by atoms with Crippen LogP contribution < -0.4 is 15.4 Å². The molecule has 0 bridgehead atoms. The van der Waals surface area contributed by atoms with E-state index in [0.717, 1.165) is 5.69 Å². The monoisotopic (exact) mass is 250 g/mol. The van der Waals surface area contributed by atoms with Crippen molar-refractivity contribution in [3.63, 3.8) is 0 Å². The first kappa shape index (κ1) is 11.7. The van der Waals surface area contributed by atoms with Crippen molar-refractivity contribution >= 4 is 22.8 Å². The van der Waals surface area contributed by atoms with Gasteiger partial charge in [0.2, 0.25) is 5.88 Å². The van der Waals surface area contributed by atoms with Crippen LogP contribution in [0.25, 0.3) is 0 Å². The third-order valence-corrected chi connectivity index (χ3v) is 2.97. The maximum Gasteiger partial charge on any atom is 0.215 e. The van der Waals surface area contributed by atoms with E-state index in [-0.39, 0.29) is 0 Å². The molecular formula is C11H14N4OS. The number of hydrogen-bond donors (Lipinski definition) is 1. The zero-order valence-electron chi connectivity index (χ0n) is 9.75. The molecule has 0 radical (unpaired) electrons. The highest BCUT2D eigenvalue weighted by Crippen LogP contribution is 2.23. The van der Waals surface area contributed by atoms with Gasteiger partial charge in [0, 0.05) is 18.5 Å². The molecule has 0 saturated heterocycles. The number of nitrogens with two attached hydrogens (primary N) is 1. The van der Waals surface area contributed by atoms with E-state index in [1.54, 1.807) is 30.6 Å². The van der Waals surface area contributed by atoms with Crippen LogP contribution in [0.1, 0.15) is 5.69 Å². The summed E-state index contributed by atoms with van der Waals surface area (Å²) >= 11 is 1.57. The molecular weight excluding hydrogens is 236 g/mol. The summed E-state index contributed by atoms with van der Waals surface area (Å²) in [4.78, 5) is 10.5. The van der Waals surface area contributed by atoms with Crippen molar-refractivity contribution in [1.29, 1.82) is 0 Å². The van der Waals surface area contributed by atoms with Gasteiger partial charge in [-0.1, -0.05) is 0 Å². The molecule has 0 fully saturated rings. The Morgan fingerprint density at radius 3 is 2.94 bits per heavy atom. The molecule has 90 valence electrons. The number of nitrogens with zero attached hydrogens (tertiary/aromatic N) is 3. The van der Waals surface area contributed by atoms with Crippen LogP contribution in [0, 0.1) is 0 Å². The molecule has 0 aliphatic carbocycles. The Kier molecular flexibility index (Phi) is 3.43.